The van der Waals surface area contributed by atoms with E-state index in [-0.39, 0.29) is 11.9 Å². The van der Waals surface area contributed by atoms with Crippen molar-refractivity contribution >= 4 is 5.91 Å². The van der Waals surface area contributed by atoms with Crippen molar-refractivity contribution in [1.82, 2.24) is 25.1 Å². The number of nitrogens with one attached hydrogen (secondary N) is 1. The van der Waals surface area contributed by atoms with E-state index in [1.165, 1.54) is 6.26 Å². The summed E-state index contributed by atoms with van der Waals surface area (Å²) >= 11 is 0. The Hall–Kier alpha value is -2.96. The number of carbonyl (C=O) groups is 1. The Morgan fingerprint density at radius 3 is 3.00 bits per heavy atom. The van der Waals surface area contributed by atoms with Crippen molar-refractivity contribution in [3.8, 4) is 11.4 Å². The average Bonchev–Trinajstić information content (AvgIpc) is 3.24. The van der Waals surface area contributed by atoms with E-state index in [0.717, 1.165) is 43.0 Å². The predicted octanol–water partition coefficient (Wildman–Crippen LogP) is 2.07. The highest BCUT2D eigenvalue weighted by Gasteiger charge is 2.23. The zero-order valence-electron chi connectivity index (χ0n) is 13.1. The number of carbonyl (C=O) groups excluding carboxylic acids is 1. The van der Waals surface area contributed by atoms with Crippen molar-refractivity contribution in [1.29, 1.82) is 0 Å². The monoisotopic (exact) mass is 323 g/mol. The lowest BCUT2D eigenvalue weighted by atomic mass is 10.1. The van der Waals surface area contributed by atoms with Crippen LogP contribution in [0.5, 0.6) is 0 Å². The maximum atomic E-state index is 12.1. The van der Waals surface area contributed by atoms with Crippen molar-refractivity contribution in [2.45, 2.75) is 31.8 Å². The maximum Gasteiger partial charge on any atom is 0.287 e. The van der Waals surface area contributed by atoms with Crippen LogP contribution in [0.1, 0.15) is 29.2 Å². The minimum atomic E-state index is -0.171. The van der Waals surface area contributed by atoms with Gasteiger partial charge in [0.25, 0.3) is 5.91 Å². The van der Waals surface area contributed by atoms with Crippen LogP contribution in [0.15, 0.2) is 47.3 Å². The SMILES string of the molecule is O=C(NC1CCc2nnc(-c3cccnc3)n2CC1)c1ccco1. The van der Waals surface area contributed by atoms with Gasteiger partial charge in [0.1, 0.15) is 5.82 Å². The van der Waals surface area contributed by atoms with Gasteiger partial charge in [0.2, 0.25) is 0 Å². The summed E-state index contributed by atoms with van der Waals surface area (Å²) in [6.45, 7) is 0.760. The van der Waals surface area contributed by atoms with E-state index in [2.05, 4.69) is 25.1 Å². The predicted molar refractivity (Wildman–Crippen MR) is 86.2 cm³/mol. The Bertz CT molecular complexity index is 826. The highest BCUT2D eigenvalue weighted by Crippen LogP contribution is 2.22. The second-order valence-electron chi connectivity index (χ2n) is 5.81. The Labute approximate surface area is 138 Å². The molecule has 3 aromatic heterocycles. The summed E-state index contributed by atoms with van der Waals surface area (Å²) in [7, 11) is 0. The molecule has 1 amide bonds. The van der Waals surface area contributed by atoms with Gasteiger partial charge in [-0.25, -0.2) is 0 Å². The number of hydrogen-bond donors (Lipinski definition) is 1. The summed E-state index contributed by atoms with van der Waals surface area (Å²) in [5.41, 5.74) is 0.953. The van der Waals surface area contributed by atoms with E-state index in [0.29, 0.717) is 5.76 Å². The molecule has 0 spiro atoms. The molecular formula is C17H17N5O2. The van der Waals surface area contributed by atoms with Crippen LogP contribution < -0.4 is 5.32 Å². The molecule has 1 atom stereocenters. The third-order valence-electron chi connectivity index (χ3n) is 4.24. The van der Waals surface area contributed by atoms with E-state index in [9.17, 15) is 4.79 Å². The molecule has 0 aromatic carbocycles. The van der Waals surface area contributed by atoms with Crippen LogP contribution in [0.4, 0.5) is 0 Å². The first kappa shape index (κ1) is 14.6. The van der Waals surface area contributed by atoms with Gasteiger partial charge < -0.3 is 14.3 Å². The number of pyridine rings is 1. The number of furan rings is 1. The van der Waals surface area contributed by atoms with Crippen LogP contribution >= 0.6 is 0 Å². The summed E-state index contributed by atoms with van der Waals surface area (Å²) in [5.74, 6) is 1.95. The first-order valence-electron chi connectivity index (χ1n) is 7.98. The second-order valence-corrected chi connectivity index (χ2v) is 5.81. The van der Waals surface area contributed by atoms with Crippen LogP contribution in [-0.4, -0.2) is 31.7 Å². The number of amides is 1. The molecule has 4 rings (SSSR count). The molecule has 0 fully saturated rings. The molecule has 1 unspecified atom stereocenters. The topological polar surface area (TPSA) is 85.8 Å². The van der Waals surface area contributed by atoms with Crippen molar-refractivity contribution in [3.05, 3.63) is 54.5 Å². The summed E-state index contributed by atoms with van der Waals surface area (Å²) in [4.78, 5) is 16.3. The van der Waals surface area contributed by atoms with Gasteiger partial charge in [-0.15, -0.1) is 10.2 Å². The molecule has 1 N–H and O–H groups in total. The van der Waals surface area contributed by atoms with Gasteiger partial charge in [0, 0.05) is 37.0 Å². The minimum absolute atomic E-state index is 0.0889. The third-order valence-corrected chi connectivity index (χ3v) is 4.24. The average molecular weight is 323 g/mol. The lowest BCUT2D eigenvalue weighted by molar-refractivity contribution is 0.0905. The number of fused-ring (bicyclic) bond motifs is 1. The fraction of sp³-hybridized carbons (Fsp3) is 0.294. The van der Waals surface area contributed by atoms with Gasteiger partial charge in [0.15, 0.2) is 11.6 Å². The Balaban J connectivity index is 1.49. The molecule has 7 heteroatoms. The number of aromatic nitrogens is 4. The molecule has 0 aliphatic carbocycles. The van der Waals surface area contributed by atoms with Gasteiger partial charge in [-0.3, -0.25) is 9.78 Å². The standard InChI is InChI=1S/C17H17N5O2/c23-17(14-4-2-10-24-14)19-13-5-6-15-20-21-16(22(15)9-7-13)12-3-1-8-18-11-12/h1-4,8,10-11,13H,5-7,9H2,(H,19,23). The van der Waals surface area contributed by atoms with Gasteiger partial charge >= 0.3 is 0 Å². The number of rotatable bonds is 3. The molecule has 7 nitrogen and oxygen atoms in total. The van der Waals surface area contributed by atoms with E-state index in [1.54, 1.807) is 24.5 Å². The van der Waals surface area contributed by atoms with Crippen LogP contribution in [-0.2, 0) is 13.0 Å². The molecule has 1 aliphatic heterocycles. The molecule has 1 aliphatic rings. The van der Waals surface area contributed by atoms with Gasteiger partial charge in [-0.05, 0) is 37.1 Å². The second kappa shape index (κ2) is 6.27. The van der Waals surface area contributed by atoms with Gasteiger partial charge in [-0.1, -0.05) is 0 Å². The molecule has 3 aromatic rings. The highest BCUT2D eigenvalue weighted by atomic mass is 16.3. The fourth-order valence-corrected chi connectivity index (χ4v) is 3.01. The zero-order chi connectivity index (χ0) is 16.4. The largest absolute Gasteiger partial charge is 0.459 e. The lowest BCUT2D eigenvalue weighted by Gasteiger charge is -2.15. The highest BCUT2D eigenvalue weighted by molar-refractivity contribution is 5.91. The summed E-state index contributed by atoms with van der Waals surface area (Å²) in [6.07, 6.45) is 7.46. The van der Waals surface area contributed by atoms with Crippen molar-refractivity contribution < 1.29 is 9.21 Å². The number of nitrogens with zero attached hydrogens (tertiary/aromatic N) is 4. The van der Waals surface area contributed by atoms with Crippen LogP contribution in [0.2, 0.25) is 0 Å². The third kappa shape index (κ3) is 2.80. The van der Waals surface area contributed by atoms with Gasteiger partial charge in [0.05, 0.1) is 6.26 Å². The van der Waals surface area contributed by atoms with Crippen molar-refractivity contribution in [2.24, 2.45) is 0 Å². The summed E-state index contributed by atoms with van der Waals surface area (Å²) in [6, 6.07) is 7.34. The van der Waals surface area contributed by atoms with E-state index in [4.69, 9.17) is 4.42 Å². The summed E-state index contributed by atoms with van der Waals surface area (Å²) < 4.78 is 7.27. The normalized spacial score (nSPS) is 17.1. The van der Waals surface area contributed by atoms with Crippen molar-refractivity contribution in [3.63, 3.8) is 0 Å². The molecule has 0 radical (unpaired) electrons. The zero-order valence-corrected chi connectivity index (χ0v) is 13.1. The maximum absolute atomic E-state index is 12.1. The van der Waals surface area contributed by atoms with E-state index in [1.807, 2.05) is 12.1 Å². The van der Waals surface area contributed by atoms with Crippen LogP contribution in [0.3, 0.4) is 0 Å². The Morgan fingerprint density at radius 1 is 1.25 bits per heavy atom. The minimum Gasteiger partial charge on any atom is -0.459 e. The summed E-state index contributed by atoms with van der Waals surface area (Å²) in [5, 5.41) is 11.7. The van der Waals surface area contributed by atoms with E-state index < -0.39 is 0 Å². The first-order valence-corrected chi connectivity index (χ1v) is 7.98. The Morgan fingerprint density at radius 2 is 2.21 bits per heavy atom. The van der Waals surface area contributed by atoms with Crippen LogP contribution in [0, 0.1) is 0 Å². The quantitative estimate of drug-likeness (QED) is 0.797. The molecular weight excluding hydrogens is 306 g/mol. The lowest BCUT2D eigenvalue weighted by Crippen LogP contribution is -2.35. The van der Waals surface area contributed by atoms with Crippen LogP contribution in [0.25, 0.3) is 11.4 Å². The molecule has 122 valence electrons. The van der Waals surface area contributed by atoms with E-state index >= 15 is 0 Å². The van der Waals surface area contributed by atoms with Gasteiger partial charge in [-0.2, -0.15) is 0 Å². The van der Waals surface area contributed by atoms with Crippen molar-refractivity contribution in [2.75, 3.05) is 0 Å². The first-order chi connectivity index (χ1) is 11.8. The Kier molecular flexibility index (Phi) is 3.82. The smallest absolute Gasteiger partial charge is 0.287 e. The molecule has 0 saturated heterocycles. The molecule has 0 bridgehead atoms. The number of hydrogen-bond acceptors (Lipinski definition) is 5. The number of aryl methyl sites for hydroxylation is 1. The molecule has 24 heavy (non-hydrogen) atoms. The molecule has 4 heterocycles. The molecule has 0 saturated carbocycles. The fourth-order valence-electron chi connectivity index (χ4n) is 3.01.